The third kappa shape index (κ3) is 6.10. The smallest absolute Gasteiger partial charge is 0.429 e. The lowest BCUT2D eigenvalue weighted by molar-refractivity contribution is -0.276. The van der Waals surface area contributed by atoms with Crippen molar-refractivity contribution in [2.45, 2.75) is 19.4 Å². The molecule has 4 aromatic carbocycles. The molecule has 4 rings (SSSR count). The van der Waals surface area contributed by atoms with Crippen molar-refractivity contribution in [1.29, 1.82) is 0 Å². The molecule has 0 atom stereocenters. The van der Waals surface area contributed by atoms with Crippen molar-refractivity contribution in [3.05, 3.63) is 107 Å². The molecule has 0 aliphatic carbocycles. The minimum atomic E-state index is -5.50. The fourth-order valence-electron chi connectivity index (χ4n) is 3.69. The first-order valence-electron chi connectivity index (χ1n) is 10.8. The molecule has 0 saturated heterocycles. The molecule has 4 aromatic rings. The molecule has 2 nitrogen and oxygen atoms in total. The molecule has 0 amide bonds. The van der Waals surface area contributed by atoms with Crippen LogP contribution in [0.1, 0.15) is 11.1 Å². The van der Waals surface area contributed by atoms with Gasteiger partial charge in [-0.2, -0.15) is 8.78 Å². The molecule has 0 bridgehead atoms. The quantitative estimate of drug-likeness (QED) is 0.219. The highest BCUT2D eigenvalue weighted by atomic mass is 19.4. The Labute approximate surface area is 214 Å². The SMILES string of the molecule is Cc1ccc(-c2ccc(-c3cc(F)c(C(F)(F)Oc4cc(F)c(OC(F)(F)F)c(F)c4)c(F)c3)c(F)c2)cc1. The molecule has 0 aromatic heterocycles. The van der Waals surface area contributed by atoms with Gasteiger partial charge in [-0.05, 0) is 41.8 Å². The summed E-state index contributed by atoms with van der Waals surface area (Å²) in [5.74, 6) is -12.2. The molecule has 0 unspecified atom stereocenters. The predicted octanol–water partition coefficient (Wildman–Crippen LogP) is 9.05. The highest BCUT2D eigenvalue weighted by molar-refractivity contribution is 5.71. The normalized spacial score (nSPS) is 12.0. The first-order valence-corrected chi connectivity index (χ1v) is 10.8. The molecule has 0 saturated carbocycles. The summed E-state index contributed by atoms with van der Waals surface area (Å²) in [4.78, 5) is 0. The van der Waals surface area contributed by atoms with Crippen LogP contribution in [0.25, 0.3) is 22.3 Å². The van der Waals surface area contributed by atoms with E-state index >= 15 is 0 Å². The van der Waals surface area contributed by atoms with Gasteiger partial charge in [-0.15, -0.1) is 13.2 Å². The van der Waals surface area contributed by atoms with E-state index in [9.17, 15) is 43.9 Å². The Morgan fingerprint density at radius 2 is 1.05 bits per heavy atom. The van der Waals surface area contributed by atoms with Gasteiger partial charge in [0.25, 0.3) is 0 Å². The van der Waals surface area contributed by atoms with Crippen LogP contribution in [0, 0.1) is 36.0 Å². The maximum absolute atomic E-state index is 14.8. The van der Waals surface area contributed by atoms with E-state index in [2.05, 4.69) is 9.47 Å². The molecule has 0 heterocycles. The lowest BCUT2D eigenvalue weighted by atomic mass is 9.98. The van der Waals surface area contributed by atoms with Crippen LogP contribution in [0.15, 0.2) is 66.7 Å². The van der Waals surface area contributed by atoms with E-state index in [1.54, 1.807) is 24.3 Å². The maximum Gasteiger partial charge on any atom is 0.573 e. The van der Waals surface area contributed by atoms with E-state index < -0.39 is 64.2 Å². The number of hydrogen-bond donors (Lipinski definition) is 0. The zero-order valence-electron chi connectivity index (χ0n) is 19.4. The van der Waals surface area contributed by atoms with E-state index in [1.165, 1.54) is 12.1 Å². The van der Waals surface area contributed by atoms with Crippen LogP contribution >= 0.6 is 0 Å². The lowest BCUT2D eigenvalue weighted by Crippen LogP contribution is -2.25. The van der Waals surface area contributed by atoms with Crippen molar-refractivity contribution in [2.75, 3.05) is 0 Å². The Balaban J connectivity index is 1.63. The fraction of sp³-hybridized carbons (Fsp3) is 0.111. The van der Waals surface area contributed by atoms with Crippen LogP contribution in [0.2, 0.25) is 0 Å². The highest BCUT2D eigenvalue weighted by Crippen LogP contribution is 2.40. The van der Waals surface area contributed by atoms with E-state index in [1.807, 2.05) is 6.92 Å². The predicted molar refractivity (Wildman–Crippen MR) is 119 cm³/mol. The minimum absolute atomic E-state index is 0.0901. The number of halogens is 10. The Bertz CT molecular complexity index is 1480. The van der Waals surface area contributed by atoms with E-state index in [4.69, 9.17) is 0 Å². The van der Waals surface area contributed by atoms with Crippen molar-refractivity contribution in [2.24, 2.45) is 0 Å². The van der Waals surface area contributed by atoms with Crippen molar-refractivity contribution in [3.8, 4) is 33.8 Å². The van der Waals surface area contributed by atoms with Gasteiger partial charge in [0.15, 0.2) is 11.6 Å². The maximum atomic E-state index is 14.8. The standard InChI is InChI=1S/C27H14F10O2/c1-13-2-4-14(5-3-13)15-6-7-18(19(28)8-15)16-9-20(29)24(21(30)10-16)26(33,34)38-17-11-22(31)25(23(32)12-17)39-27(35,36)37/h2-12H,1H3. The fourth-order valence-corrected chi connectivity index (χ4v) is 3.69. The summed E-state index contributed by atoms with van der Waals surface area (Å²) in [6, 6.07) is 11.4. The molecule has 0 aliphatic heterocycles. The van der Waals surface area contributed by atoms with E-state index in [0.29, 0.717) is 23.3 Å². The van der Waals surface area contributed by atoms with Gasteiger partial charge in [0.05, 0.1) is 0 Å². The first-order chi connectivity index (χ1) is 18.1. The Hall–Kier alpha value is -4.22. The molecular formula is C27H14F10O2. The summed E-state index contributed by atoms with van der Waals surface area (Å²) in [7, 11) is 0. The number of aryl methyl sites for hydroxylation is 1. The van der Waals surface area contributed by atoms with Crippen molar-refractivity contribution < 1.29 is 53.4 Å². The Morgan fingerprint density at radius 1 is 0.538 bits per heavy atom. The van der Waals surface area contributed by atoms with E-state index in [-0.39, 0.29) is 17.7 Å². The molecule has 39 heavy (non-hydrogen) atoms. The Morgan fingerprint density at radius 3 is 1.56 bits per heavy atom. The topological polar surface area (TPSA) is 18.5 Å². The van der Waals surface area contributed by atoms with Crippen molar-refractivity contribution in [3.63, 3.8) is 0 Å². The molecule has 0 aliphatic rings. The summed E-state index contributed by atoms with van der Waals surface area (Å²) in [6.07, 6.45) is -10.4. The first kappa shape index (κ1) is 27.8. The van der Waals surface area contributed by atoms with E-state index in [0.717, 1.165) is 11.6 Å². The second-order valence-electron chi connectivity index (χ2n) is 8.26. The highest BCUT2D eigenvalue weighted by Gasteiger charge is 2.42. The van der Waals surface area contributed by atoms with Gasteiger partial charge < -0.3 is 9.47 Å². The third-order valence-corrected chi connectivity index (χ3v) is 5.43. The van der Waals surface area contributed by atoms with Gasteiger partial charge in [0, 0.05) is 17.7 Å². The van der Waals surface area contributed by atoms with Crippen LogP contribution in [0.5, 0.6) is 11.5 Å². The number of rotatable bonds is 6. The number of ether oxygens (including phenoxy) is 2. The molecule has 0 N–H and O–H groups in total. The summed E-state index contributed by atoms with van der Waals surface area (Å²) >= 11 is 0. The van der Waals surface area contributed by atoms with Crippen LogP contribution in [0.3, 0.4) is 0 Å². The second kappa shape index (κ2) is 10.2. The molecule has 12 heteroatoms. The van der Waals surface area contributed by atoms with Crippen LogP contribution in [-0.4, -0.2) is 6.36 Å². The van der Waals surface area contributed by atoms with Crippen LogP contribution in [0.4, 0.5) is 43.9 Å². The van der Waals surface area contributed by atoms with Crippen LogP contribution in [-0.2, 0) is 6.11 Å². The monoisotopic (exact) mass is 560 g/mol. The van der Waals surface area contributed by atoms with Gasteiger partial charge in [0.1, 0.15) is 28.8 Å². The van der Waals surface area contributed by atoms with Crippen LogP contribution < -0.4 is 9.47 Å². The van der Waals surface area contributed by atoms with Gasteiger partial charge >= 0.3 is 12.5 Å². The second-order valence-corrected chi connectivity index (χ2v) is 8.26. The average Bonchev–Trinajstić information content (AvgIpc) is 2.80. The van der Waals surface area contributed by atoms with Gasteiger partial charge in [-0.25, -0.2) is 22.0 Å². The van der Waals surface area contributed by atoms with Gasteiger partial charge in [-0.1, -0.05) is 42.0 Å². The molecule has 0 fully saturated rings. The third-order valence-electron chi connectivity index (χ3n) is 5.43. The van der Waals surface area contributed by atoms with Gasteiger partial charge in [0.2, 0.25) is 5.75 Å². The minimum Gasteiger partial charge on any atom is -0.429 e. The van der Waals surface area contributed by atoms with Crippen molar-refractivity contribution in [1.82, 2.24) is 0 Å². The number of benzene rings is 4. The summed E-state index contributed by atoms with van der Waals surface area (Å²) < 4.78 is 145. The largest absolute Gasteiger partial charge is 0.573 e. The van der Waals surface area contributed by atoms with Gasteiger partial charge in [-0.3, -0.25) is 0 Å². The lowest BCUT2D eigenvalue weighted by Gasteiger charge is -2.20. The molecule has 204 valence electrons. The zero-order valence-corrected chi connectivity index (χ0v) is 19.4. The molecule has 0 spiro atoms. The number of hydrogen-bond acceptors (Lipinski definition) is 2. The average molecular weight is 560 g/mol. The molecular weight excluding hydrogens is 546 g/mol. The van der Waals surface area contributed by atoms with Crippen molar-refractivity contribution >= 4 is 0 Å². The summed E-state index contributed by atoms with van der Waals surface area (Å²) in [6.45, 7) is 1.86. The summed E-state index contributed by atoms with van der Waals surface area (Å²) in [5.41, 5.74) is -0.682. The number of alkyl halides is 5. The Kier molecular flexibility index (Phi) is 7.24. The zero-order chi connectivity index (χ0) is 28.7. The summed E-state index contributed by atoms with van der Waals surface area (Å²) in [5, 5.41) is 0. The molecule has 0 radical (unpaired) electrons.